The fraction of sp³-hybridized carbons (Fsp3) is 0.391. The first-order valence-electron chi connectivity index (χ1n) is 9.91. The van der Waals surface area contributed by atoms with E-state index in [1.165, 1.54) is 0 Å². The van der Waals surface area contributed by atoms with E-state index in [-0.39, 0.29) is 23.8 Å². The third-order valence-corrected chi connectivity index (χ3v) is 5.44. The molecule has 1 N–H and O–H groups in total. The van der Waals surface area contributed by atoms with Gasteiger partial charge in [-0.1, -0.05) is 24.3 Å². The van der Waals surface area contributed by atoms with E-state index < -0.39 is 0 Å². The van der Waals surface area contributed by atoms with Crippen LogP contribution in [0.5, 0.6) is 11.5 Å². The molecule has 3 rings (SSSR count). The Balaban J connectivity index is 1.79. The van der Waals surface area contributed by atoms with Crippen molar-refractivity contribution in [3.05, 3.63) is 59.7 Å². The molecule has 0 unspecified atom stereocenters. The molecular formula is C23H28N2O4. The molecule has 0 radical (unpaired) electrons. The quantitative estimate of drug-likeness (QED) is 0.780. The van der Waals surface area contributed by atoms with E-state index in [0.29, 0.717) is 25.9 Å². The van der Waals surface area contributed by atoms with E-state index in [0.717, 1.165) is 22.6 Å². The molecular weight excluding hydrogens is 368 g/mol. The van der Waals surface area contributed by atoms with Crippen molar-refractivity contribution in [2.24, 2.45) is 5.92 Å². The molecule has 1 saturated heterocycles. The van der Waals surface area contributed by atoms with Crippen LogP contribution in [-0.2, 0) is 16.1 Å². The second-order valence-electron chi connectivity index (χ2n) is 7.11. The first-order valence-corrected chi connectivity index (χ1v) is 9.91. The predicted octanol–water partition coefficient (Wildman–Crippen LogP) is 3.32. The number of rotatable bonds is 7. The Bertz CT molecular complexity index is 850. The summed E-state index contributed by atoms with van der Waals surface area (Å²) in [5, 5.41) is 3.04. The van der Waals surface area contributed by atoms with Gasteiger partial charge >= 0.3 is 0 Å². The summed E-state index contributed by atoms with van der Waals surface area (Å²) in [4.78, 5) is 27.4. The molecule has 6 heteroatoms. The molecule has 2 amide bonds. The van der Waals surface area contributed by atoms with E-state index in [9.17, 15) is 9.59 Å². The Morgan fingerprint density at radius 2 is 1.83 bits per heavy atom. The summed E-state index contributed by atoms with van der Waals surface area (Å²) < 4.78 is 10.5. The fourth-order valence-corrected chi connectivity index (χ4v) is 3.92. The second-order valence-corrected chi connectivity index (χ2v) is 7.11. The van der Waals surface area contributed by atoms with E-state index in [1.54, 1.807) is 19.1 Å². The summed E-state index contributed by atoms with van der Waals surface area (Å²) in [5.74, 6) is 1.25. The van der Waals surface area contributed by atoms with Gasteiger partial charge < -0.3 is 19.7 Å². The molecule has 1 heterocycles. The zero-order valence-electron chi connectivity index (χ0n) is 17.2. The molecule has 0 aromatic heterocycles. The SMILES string of the molecule is CCN1C(=O)CC[C@@H](C(=O)NCc2cccc(OC)c2)[C@@H]1c1ccc(OC)cc1. The normalized spacial score (nSPS) is 19.0. The summed E-state index contributed by atoms with van der Waals surface area (Å²) in [6.45, 7) is 2.93. The van der Waals surface area contributed by atoms with Gasteiger partial charge in [0, 0.05) is 19.5 Å². The van der Waals surface area contributed by atoms with Gasteiger partial charge in [-0.3, -0.25) is 9.59 Å². The van der Waals surface area contributed by atoms with Crippen LogP contribution in [0.4, 0.5) is 0 Å². The van der Waals surface area contributed by atoms with E-state index in [1.807, 2.05) is 55.5 Å². The van der Waals surface area contributed by atoms with Crippen molar-refractivity contribution in [2.45, 2.75) is 32.4 Å². The maximum Gasteiger partial charge on any atom is 0.225 e. The molecule has 2 atom stereocenters. The summed E-state index contributed by atoms with van der Waals surface area (Å²) in [6.07, 6.45) is 0.924. The van der Waals surface area contributed by atoms with Crippen molar-refractivity contribution in [3.8, 4) is 11.5 Å². The third kappa shape index (κ3) is 4.70. The van der Waals surface area contributed by atoms with Gasteiger partial charge in [-0.2, -0.15) is 0 Å². The highest BCUT2D eigenvalue weighted by molar-refractivity contribution is 5.85. The maximum atomic E-state index is 13.1. The smallest absolute Gasteiger partial charge is 0.225 e. The number of methoxy groups -OCH3 is 2. The van der Waals surface area contributed by atoms with Gasteiger partial charge in [0.15, 0.2) is 0 Å². The molecule has 0 saturated carbocycles. The van der Waals surface area contributed by atoms with Gasteiger partial charge in [0.1, 0.15) is 11.5 Å². The second kappa shape index (κ2) is 9.45. The van der Waals surface area contributed by atoms with Crippen molar-refractivity contribution in [3.63, 3.8) is 0 Å². The van der Waals surface area contributed by atoms with E-state index in [4.69, 9.17) is 9.47 Å². The Hall–Kier alpha value is -3.02. The summed E-state index contributed by atoms with van der Waals surface area (Å²) >= 11 is 0. The zero-order valence-corrected chi connectivity index (χ0v) is 17.2. The van der Waals surface area contributed by atoms with Gasteiger partial charge in [0.25, 0.3) is 0 Å². The summed E-state index contributed by atoms with van der Waals surface area (Å²) in [7, 11) is 3.24. The van der Waals surface area contributed by atoms with Gasteiger partial charge in [-0.25, -0.2) is 0 Å². The van der Waals surface area contributed by atoms with Crippen molar-refractivity contribution in [2.75, 3.05) is 20.8 Å². The third-order valence-electron chi connectivity index (χ3n) is 5.44. The van der Waals surface area contributed by atoms with Crippen molar-refractivity contribution >= 4 is 11.8 Å². The number of likely N-dealkylation sites (tertiary alicyclic amines) is 1. The molecule has 1 aliphatic rings. The van der Waals surface area contributed by atoms with Crippen molar-refractivity contribution < 1.29 is 19.1 Å². The van der Waals surface area contributed by atoms with Gasteiger partial charge in [-0.05, 0) is 48.7 Å². The number of carbonyl (C=O) groups excluding carboxylic acids is 2. The minimum Gasteiger partial charge on any atom is -0.497 e. The lowest BCUT2D eigenvalue weighted by Gasteiger charge is -2.40. The van der Waals surface area contributed by atoms with Crippen molar-refractivity contribution in [1.29, 1.82) is 0 Å². The topological polar surface area (TPSA) is 67.9 Å². The number of nitrogens with zero attached hydrogens (tertiary/aromatic N) is 1. The molecule has 0 spiro atoms. The highest BCUT2D eigenvalue weighted by atomic mass is 16.5. The van der Waals surface area contributed by atoms with Crippen LogP contribution in [0, 0.1) is 5.92 Å². The number of carbonyl (C=O) groups is 2. The highest BCUT2D eigenvalue weighted by Crippen LogP contribution is 2.37. The Kier molecular flexibility index (Phi) is 6.75. The molecule has 2 aromatic rings. The molecule has 154 valence electrons. The number of piperidine rings is 1. The number of benzene rings is 2. The largest absolute Gasteiger partial charge is 0.497 e. The van der Waals surface area contributed by atoms with Crippen LogP contribution >= 0.6 is 0 Å². The number of hydrogen-bond donors (Lipinski definition) is 1. The van der Waals surface area contributed by atoms with E-state index in [2.05, 4.69) is 5.32 Å². The minimum absolute atomic E-state index is 0.0420. The summed E-state index contributed by atoms with van der Waals surface area (Å²) in [6, 6.07) is 15.0. The zero-order chi connectivity index (χ0) is 20.8. The molecule has 1 fully saturated rings. The fourth-order valence-electron chi connectivity index (χ4n) is 3.92. The van der Waals surface area contributed by atoms with Gasteiger partial charge in [-0.15, -0.1) is 0 Å². The average Bonchev–Trinajstić information content (AvgIpc) is 2.77. The van der Waals surface area contributed by atoms with Crippen LogP contribution in [-0.4, -0.2) is 37.5 Å². The lowest BCUT2D eigenvalue weighted by Crippen LogP contribution is -2.47. The summed E-state index contributed by atoms with van der Waals surface area (Å²) in [5.41, 5.74) is 1.92. The number of amides is 2. The first kappa shape index (κ1) is 20.7. The Labute approximate surface area is 171 Å². The minimum atomic E-state index is -0.299. The first-order chi connectivity index (χ1) is 14.1. The molecule has 0 bridgehead atoms. The average molecular weight is 396 g/mol. The van der Waals surface area contributed by atoms with Gasteiger partial charge in [0.05, 0.1) is 26.2 Å². The highest BCUT2D eigenvalue weighted by Gasteiger charge is 2.39. The number of nitrogens with one attached hydrogen (secondary N) is 1. The molecule has 1 aliphatic heterocycles. The monoisotopic (exact) mass is 396 g/mol. The van der Waals surface area contributed by atoms with Crippen LogP contribution in [0.3, 0.4) is 0 Å². The Morgan fingerprint density at radius 1 is 1.10 bits per heavy atom. The predicted molar refractivity (Wildman–Crippen MR) is 111 cm³/mol. The number of hydrogen-bond acceptors (Lipinski definition) is 4. The van der Waals surface area contributed by atoms with Crippen LogP contribution in [0.15, 0.2) is 48.5 Å². The van der Waals surface area contributed by atoms with Crippen LogP contribution in [0.25, 0.3) is 0 Å². The molecule has 6 nitrogen and oxygen atoms in total. The Morgan fingerprint density at radius 3 is 2.48 bits per heavy atom. The lowest BCUT2D eigenvalue weighted by atomic mass is 9.83. The molecule has 0 aliphatic carbocycles. The molecule has 2 aromatic carbocycles. The van der Waals surface area contributed by atoms with Crippen molar-refractivity contribution in [1.82, 2.24) is 10.2 Å². The van der Waals surface area contributed by atoms with Crippen LogP contribution < -0.4 is 14.8 Å². The van der Waals surface area contributed by atoms with E-state index >= 15 is 0 Å². The number of ether oxygens (including phenoxy) is 2. The molecule has 29 heavy (non-hydrogen) atoms. The lowest BCUT2D eigenvalue weighted by molar-refractivity contribution is -0.143. The maximum absolute atomic E-state index is 13.1. The van der Waals surface area contributed by atoms with Crippen LogP contribution in [0.1, 0.15) is 36.9 Å². The standard InChI is InChI=1S/C23H28N2O4/c1-4-25-21(26)13-12-20(22(25)17-8-10-18(28-2)11-9-17)23(27)24-15-16-6-5-7-19(14-16)29-3/h5-11,14,20,22H,4,12-13,15H2,1-3H3,(H,24,27)/t20-,22+/m1/s1. The van der Waals surface area contributed by atoms with Gasteiger partial charge in [0.2, 0.25) is 11.8 Å². The van der Waals surface area contributed by atoms with Crippen LogP contribution in [0.2, 0.25) is 0 Å².